The third-order valence-corrected chi connectivity index (χ3v) is 3.98. The highest BCUT2D eigenvalue weighted by Gasteiger charge is 2.28. The second-order valence-corrected chi connectivity index (χ2v) is 6.52. The molecular formula is C15H23NO2S. The predicted octanol–water partition coefficient (Wildman–Crippen LogP) is 3.65. The molecule has 0 saturated carbocycles. The third kappa shape index (κ3) is 4.55. The molecule has 0 amide bonds. The Morgan fingerprint density at radius 1 is 1.32 bits per heavy atom. The van der Waals surface area contributed by atoms with E-state index in [0.29, 0.717) is 0 Å². The van der Waals surface area contributed by atoms with Gasteiger partial charge in [-0.05, 0) is 51.6 Å². The molecule has 19 heavy (non-hydrogen) atoms. The van der Waals surface area contributed by atoms with Gasteiger partial charge in [-0.3, -0.25) is 9.69 Å². The lowest BCUT2D eigenvalue weighted by molar-refractivity contribution is -0.140. The van der Waals surface area contributed by atoms with E-state index in [0.717, 1.165) is 5.56 Å². The first kappa shape index (κ1) is 16.1. The molecule has 0 heterocycles. The van der Waals surface area contributed by atoms with Gasteiger partial charge >= 0.3 is 5.97 Å². The van der Waals surface area contributed by atoms with Crippen LogP contribution in [0.25, 0.3) is 0 Å². The molecule has 1 aromatic rings. The predicted molar refractivity (Wildman–Crippen MR) is 80.7 cm³/mol. The van der Waals surface area contributed by atoms with E-state index >= 15 is 0 Å². The molecule has 4 heteroatoms. The highest BCUT2D eigenvalue weighted by atomic mass is 32.2. The van der Waals surface area contributed by atoms with E-state index in [9.17, 15) is 4.79 Å². The number of rotatable bonds is 5. The van der Waals surface area contributed by atoms with Crippen molar-refractivity contribution in [1.29, 1.82) is 0 Å². The molecule has 0 fully saturated rings. The molecule has 0 bridgehead atoms. The van der Waals surface area contributed by atoms with Crippen LogP contribution in [0.2, 0.25) is 0 Å². The Morgan fingerprint density at radius 3 is 2.21 bits per heavy atom. The summed E-state index contributed by atoms with van der Waals surface area (Å²) in [5.74, 6) is -0.789. The summed E-state index contributed by atoms with van der Waals surface area (Å²) in [6.07, 6.45) is 2.05. The molecule has 106 valence electrons. The van der Waals surface area contributed by atoms with Crippen molar-refractivity contribution in [2.75, 3.05) is 12.8 Å². The summed E-state index contributed by atoms with van der Waals surface area (Å²) in [5, 5.41) is 9.08. The quantitative estimate of drug-likeness (QED) is 0.836. The maximum absolute atomic E-state index is 11.0. The van der Waals surface area contributed by atoms with Crippen molar-refractivity contribution in [3.8, 4) is 0 Å². The Hall–Kier alpha value is -1.00. The van der Waals surface area contributed by atoms with Crippen LogP contribution in [-0.2, 0) is 4.79 Å². The maximum Gasteiger partial charge on any atom is 0.317 e. The molecule has 0 aliphatic carbocycles. The fourth-order valence-corrected chi connectivity index (χ4v) is 2.57. The van der Waals surface area contributed by atoms with E-state index in [1.54, 1.807) is 11.8 Å². The number of hydrogen-bond donors (Lipinski definition) is 1. The minimum absolute atomic E-state index is 0.0505. The number of carbonyl (C=O) groups is 1. The molecule has 0 aliphatic rings. The second kappa shape index (κ2) is 6.44. The zero-order valence-electron chi connectivity index (χ0n) is 12.3. The lowest BCUT2D eigenvalue weighted by Crippen LogP contribution is -2.45. The van der Waals surface area contributed by atoms with Crippen molar-refractivity contribution in [1.82, 2.24) is 4.90 Å². The van der Waals surface area contributed by atoms with Crippen molar-refractivity contribution in [3.63, 3.8) is 0 Å². The van der Waals surface area contributed by atoms with Crippen molar-refractivity contribution < 1.29 is 9.90 Å². The number of benzene rings is 1. The summed E-state index contributed by atoms with van der Waals surface area (Å²) in [7, 11) is 0. The van der Waals surface area contributed by atoms with Gasteiger partial charge in [0.25, 0.3) is 0 Å². The smallest absolute Gasteiger partial charge is 0.317 e. The Bertz CT molecular complexity index is 423. The van der Waals surface area contributed by atoms with Gasteiger partial charge < -0.3 is 5.11 Å². The van der Waals surface area contributed by atoms with Crippen molar-refractivity contribution in [3.05, 3.63) is 29.8 Å². The summed E-state index contributed by atoms with van der Waals surface area (Å²) in [4.78, 5) is 14.3. The Kier molecular flexibility index (Phi) is 5.44. The standard InChI is InChI=1S/C15H23NO2S/c1-11(12-6-8-13(19-5)9-7-12)16(10-14(17)18)15(2,3)4/h6-9,11H,10H2,1-5H3,(H,17,18). The Morgan fingerprint density at radius 2 is 1.84 bits per heavy atom. The molecule has 1 unspecified atom stereocenters. The molecule has 1 N–H and O–H groups in total. The average molecular weight is 281 g/mol. The number of aliphatic carboxylic acids is 1. The van der Waals surface area contributed by atoms with Crippen LogP contribution in [-0.4, -0.2) is 34.3 Å². The van der Waals surface area contributed by atoms with E-state index in [-0.39, 0.29) is 18.1 Å². The monoisotopic (exact) mass is 281 g/mol. The van der Waals surface area contributed by atoms with E-state index in [4.69, 9.17) is 5.11 Å². The highest BCUT2D eigenvalue weighted by Crippen LogP contribution is 2.28. The van der Waals surface area contributed by atoms with Gasteiger partial charge in [0.2, 0.25) is 0 Å². The molecule has 0 radical (unpaired) electrons. The first-order valence-corrected chi connectivity index (χ1v) is 7.60. The van der Waals surface area contributed by atoms with Crippen LogP contribution in [0.1, 0.15) is 39.3 Å². The number of hydrogen-bond acceptors (Lipinski definition) is 3. The van der Waals surface area contributed by atoms with Gasteiger partial charge in [0, 0.05) is 16.5 Å². The van der Waals surface area contributed by atoms with E-state index < -0.39 is 5.97 Å². The normalized spacial score (nSPS) is 13.6. The van der Waals surface area contributed by atoms with Gasteiger partial charge in [-0.1, -0.05) is 12.1 Å². The Labute approximate surface area is 120 Å². The molecule has 0 spiro atoms. The fourth-order valence-electron chi connectivity index (χ4n) is 2.16. The zero-order chi connectivity index (χ0) is 14.6. The van der Waals surface area contributed by atoms with Crippen LogP contribution in [0.3, 0.4) is 0 Å². The molecule has 1 rings (SSSR count). The molecule has 3 nitrogen and oxygen atoms in total. The lowest BCUT2D eigenvalue weighted by atomic mass is 9.99. The summed E-state index contributed by atoms with van der Waals surface area (Å²) in [5.41, 5.74) is 0.963. The highest BCUT2D eigenvalue weighted by molar-refractivity contribution is 7.98. The number of carboxylic acid groups (broad SMARTS) is 1. The van der Waals surface area contributed by atoms with Crippen LogP contribution in [0.15, 0.2) is 29.2 Å². The topological polar surface area (TPSA) is 40.5 Å². The van der Waals surface area contributed by atoms with E-state index in [2.05, 4.69) is 31.2 Å². The molecule has 1 atom stereocenters. The van der Waals surface area contributed by atoms with Crippen LogP contribution < -0.4 is 0 Å². The third-order valence-electron chi connectivity index (χ3n) is 3.23. The number of nitrogens with zero attached hydrogens (tertiary/aromatic N) is 1. The molecule has 0 aliphatic heterocycles. The lowest BCUT2D eigenvalue weighted by Gasteiger charge is -2.39. The molecule has 0 saturated heterocycles. The summed E-state index contributed by atoms with van der Waals surface area (Å²) in [6.45, 7) is 8.24. The number of carboxylic acids is 1. The zero-order valence-corrected chi connectivity index (χ0v) is 13.1. The minimum Gasteiger partial charge on any atom is -0.480 e. The van der Waals surface area contributed by atoms with Crippen LogP contribution in [0, 0.1) is 0 Å². The largest absolute Gasteiger partial charge is 0.480 e. The maximum atomic E-state index is 11.0. The van der Waals surface area contributed by atoms with Gasteiger partial charge in [-0.2, -0.15) is 0 Å². The van der Waals surface area contributed by atoms with Crippen molar-refractivity contribution >= 4 is 17.7 Å². The van der Waals surface area contributed by atoms with Crippen molar-refractivity contribution in [2.24, 2.45) is 0 Å². The van der Waals surface area contributed by atoms with Crippen LogP contribution >= 0.6 is 11.8 Å². The van der Waals surface area contributed by atoms with Gasteiger partial charge in [0.1, 0.15) is 0 Å². The first-order valence-electron chi connectivity index (χ1n) is 6.38. The van der Waals surface area contributed by atoms with Gasteiger partial charge in [0.15, 0.2) is 0 Å². The Balaban J connectivity index is 2.97. The van der Waals surface area contributed by atoms with E-state index in [1.165, 1.54) is 4.90 Å². The molecular weight excluding hydrogens is 258 g/mol. The molecule has 0 aromatic heterocycles. The first-order chi connectivity index (χ1) is 8.75. The average Bonchev–Trinajstić information content (AvgIpc) is 2.34. The summed E-state index contributed by atoms with van der Waals surface area (Å²) >= 11 is 1.71. The summed E-state index contributed by atoms with van der Waals surface area (Å²) in [6, 6.07) is 8.40. The van der Waals surface area contributed by atoms with Crippen molar-refractivity contribution in [2.45, 2.75) is 44.2 Å². The molecule has 1 aromatic carbocycles. The van der Waals surface area contributed by atoms with Gasteiger partial charge in [-0.15, -0.1) is 11.8 Å². The minimum atomic E-state index is -0.789. The van der Waals surface area contributed by atoms with Crippen LogP contribution in [0.4, 0.5) is 0 Å². The summed E-state index contributed by atoms with van der Waals surface area (Å²) < 4.78 is 0. The van der Waals surface area contributed by atoms with Gasteiger partial charge in [-0.25, -0.2) is 0 Å². The second-order valence-electron chi connectivity index (χ2n) is 5.64. The number of thioether (sulfide) groups is 1. The van der Waals surface area contributed by atoms with E-state index in [1.807, 2.05) is 31.9 Å². The van der Waals surface area contributed by atoms with Crippen LogP contribution in [0.5, 0.6) is 0 Å². The SMILES string of the molecule is CSc1ccc(C(C)N(CC(=O)O)C(C)(C)C)cc1. The fraction of sp³-hybridized carbons (Fsp3) is 0.533. The van der Waals surface area contributed by atoms with Gasteiger partial charge in [0.05, 0.1) is 6.54 Å².